The molecule has 0 aromatic rings. The number of carbonyl (C=O) groups is 4. The van der Waals surface area contributed by atoms with Crippen LogP contribution < -0.4 is 21.7 Å². The zero-order valence-electron chi connectivity index (χ0n) is 14.2. The maximum Gasteiger partial charge on any atom is 0.322 e. The summed E-state index contributed by atoms with van der Waals surface area (Å²) < 4.78 is 0. The number of carboxylic acids is 1. The van der Waals surface area contributed by atoms with Crippen molar-refractivity contribution in [3.05, 3.63) is 0 Å². The molecule has 0 fully saturated rings. The van der Waals surface area contributed by atoms with Crippen molar-refractivity contribution in [2.75, 3.05) is 19.8 Å². The minimum Gasteiger partial charge on any atom is -0.480 e. The number of aliphatic carboxylic acids is 1. The molecule has 0 aromatic heterocycles. The Bertz CT molecular complexity index is 484. The Morgan fingerprint density at radius 2 is 1.40 bits per heavy atom. The fourth-order valence-corrected chi connectivity index (χ4v) is 1.84. The van der Waals surface area contributed by atoms with E-state index in [1.807, 2.05) is 19.2 Å². The predicted octanol–water partition coefficient (Wildman–Crippen LogP) is -3.49. The van der Waals surface area contributed by atoms with Crippen molar-refractivity contribution in [3.63, 3.8) is 0 Å². The standard InChI is InChI=1S/C14H26N4O7/c1-7(2)3-8(15)12(23)17-10(6-20)14(25)18-9(5-19)13(24)16-4-11(21)22/h7-10,19-20H,3-6,15H2,1-2H3,(H,16,24)(H,17,23)(H,18,25)(H,21,22). The van der Waals surface area contributed by atoms with Crippen LogP contribution in [0.4, 0.5) is 0 Å². The van der Waals surface area contributed by atoms with Crippen LogP contribution >= 0.6 is 0 Å². The molecule has 0 aliphatic carbocycles. The second-order valence-electron chi connectivity index (χ2n) is 5.84. The first kappa shape index (κ1) is 22.8. The van der Waals surface area contributed by atoms with E-state index in [-0.39, 0.29) is 5.92 Å². The van der Waals surface area contributed by atoms with Gasteiger partial charge < -0.3 is 37.0 Å². The van der Waals surface area contributed by atoms with Crippen molar-refractivity contribution in [3.8, 4) is 0 Å². The summed E-state index contributed by atoms with van der Waals surface area (Å²) in [7, 11) is 0. The molecule has 144 valence electrons. The maximum absolute atomic E-state index is 12.0. The molecule has 3 amide bonds. The Balaban J connectivity index is 4.71. The highest BCUT2D eigenvalue weighted by Crippen LogP contribution is 2.03. The molecule has 0 saturated heterocycles. The number of nitrogens with two attached hydrogens (primary N) is 1. The van der Waals surface area contributed by atoms with Crippen LogP contribution in [0.3, 0.4) is 0 Å². The Labute approximate surface area is 145 Å². The van der Waals surface area contributed by atoms with E-state index < -0.39 is 61.6 Å². The van der Waals surface area contributed by atoms with Gasteiger partial charge in [-0.2, -0.15) is 0 Å². The summed E-state index contributed by atoms with van der Waals surface area (Å²) >= 11 is 0. The summed E-state index contributed by atoms with van der Waals surface area (Å²) in [5, 5.41) is 33.2. The topological polar surface area (TPSA) is 191 Å². The first-order chi connectivity index (χ1) is 11.6. The molecule has 8 N–H and O–H groups in total. The van der Waals surface area contributed by atoms with Crippen LogP contribution in [0, 0.1) is 5.92 Å². The molecule has 0 saturated carbocycles. The zero-order valence-corrected chi connectivity index (χ0v) is 14.2. The van der Waals surface area contributed by atoms with E-state index in [1.165, 1.54) is 0 Å². The average Bonchev–Trinajstić information content (AvgIpc) is 2.53. The van der Waals surface area contributed by atoms with E-state index in [1.54, 1.807) is 0 Å². The van der Waals surface area contributed by atoms with Gasteiger partial charge in [-0.3, -0.25) is 19.2 Å². The van der Waals surface area contributed by atoms with E-state index in [9.17, 15) is 24.3 Å². The maximum atomic E-state index is 12.0. The van der Waals surface area contributed by atoms with Gasteiger partial charge >= 0.3 is 5.97 Å². The molecule has 0 rings (SSSR count). The number of carbonyl (C=O) groups excluding carboxylic acids is 3. The lowest BCUT2D eigenvalue weighted by Crippen LogP contribution is -2.58. The molecule has 0 bridgehead atoms. The van der Waals surface area contributed by atoms with Gasteiger partial charge in [0, 0.05) is 0 Å². The smallest absolute Gasteiger partial charge is 0.322 e. The molecule has 25 heavy (non-hydrogen) atoms. The van der Waals surface area contributed by atoms with Gasteiger partial charge in [0.2, 0.25) is 17.7 Å². The SMILES string of the molecule is CC(C)CC(N)C(=O)NC(CO)C(=O)NC(CO)C(=O)NCC(=O)O. The van der Waals surface area contributed by atoms with Gasteiger partial charge in [0.05, 0.1) is 19.3 Å². The molecule has 0 heterocycles. The lowest BCUT2D eigenvalue weighted by atomic mass is 10.0. The van der Waals surface area contributed by atoms with Gasteiger partial charge in [0.25, 0.3) is 0 Å². The summed E-state index contributed by atoms with van der Waals surface area (Å²) in [6.45, 7) is 1.50. The Morgan fingerprint density at radius 3 is 1.84 bits per heavy atom. The predicted molar refractivity (Wildman–Crippen MR) is 86.1 cm³/mol. The van der Waals surface area contributed by atoms with Gasteiger partial charge in [0.15, 0.2) is 0 Å². The summed E-state index contributed by atoms with van der Waals surface area (Å²) in [5.74, 6) is -3.62. The van der Waals surface area contributed by atoms with Gasteiger partial charge in [-0.05, 0) is 12.3 Å². The van der Waals surface area contributed by atoms with E-state index >= 15 is 0 Å². The third-order valence-electron chi connectivity index (χ3n) is 3.11. The largest absolute Gasteiger partial charge is 0.480 e. The Hall–Kier alpha value is -2.24. The number of amides is 3. The Morgan fingerprint density at radius 1 is 0.920 bits per heavy atom. The lowest BCUT2D eigenvalue weighted by Gasteiger charge is -2.22. The second-order valence-corrected chi connectivity index (χ2v) is 5.84. The summed E-state index contributed by atoms with van der Waals surface area (Å²) in [6, 6.07) is -3.66. The molecular weight excluding hydrogens is 336 g/mol. The van der Waals surface area contributed by atoms with Crippen molar-refractivity contribution >= 4 is 23.7 Å². The first-order valence-electron chi connectivity index (χ1n) is 7.69. The van der Waals surface area contributed by atoms with Crippen molar-refractivity contribution < 1.29 is 34.5 Å². The van der Waals surface area contributed by atoms with Crippen molar-refractivity contribution in [1.29, 1.82) is 0 Å². The number of carboxylic acid groups (broad SMARTS) is 1. The molecule has 0 aromatic carbocycles. The average molecular weight is 362 g/mol. The number of aliphatic hydroxyl groups is 2. The van der Waals surface area contributed by atoms with Crippen molar-refractivity contribution in [2.24, 2.45) is 11.7 Å². The van der Waals surface area contributed by atoms with Crippen LogP contribution in [-0.2, 0) is 19.2 Å². The number of rotatable bonds is 11. The van der Waals surface area contributed by atoms with Gasteiger partial charge in [-0.25, -0.2) is 0 Å². The second kappa shape index (κ2) is 11.3. The van der Waals surface area contributed by atoms with Crippen LogP contribution in [0.5, 0.6) is 0 Å². The number of aliphatic hydroxyl groups excluding tert-OH is 2. The van der Waals surface area contributed by atoms with E-state index in [0.29, 0.717) is 6.42 Å². The van der Waals surface area contributed by atoms with Gasteiger partial charge in [0.1, 0.15) is 18.6 Å². The number of hydrogen-bond donors (Lipinski definition) is 7. The molecule has 0 aliphatic rings. The van der Waals surface area contributed by atoms with Crippen LogP contribution in [0.25, 0.3) is 0 Å². The van der Waals surface area contributed by atoms with Crippen LogP contribution in [0.15, 0.2) is 0 Å². The molecular formula is C14H26N4O7. The van der Waals surface area contributed by atoms with Gasteiger partial charge in [-0.15, -0.1) is 0 Å². The molecule has 3 unspecified atom stereocenters. The summed E-state index contributed by atoms with van der Waals surface area (Å²) in [6.07, 6.45) is 0.377. The minimum atomic E-state index is -1.43. The summed E-state index contributed by atoms with van der Waals surface area (Å²) in [5.41, 5.74) is 5.68. The fourth-order valence-electron chi connectivity index (χ4n) is 1.84. The Kier molecular flexibility index (Phi) is 10.3. The third kappa shape index (κ3) is 8.98. The lowest BCUT2D eigenvalue weighted by molar-refractivity contribution is -0.139. The zero-order chi connectivity index (χ0) is 19.6. The first-order valence-corrected chi connectivity index (χ1v) is 7.69. The molecule has 11 nitrogen and oxygen atoms in total. The van der Waals surface area contributed by atoms with E-state index in [4.69, 9.17) is 15.9 Å². The minimum absolute atomic E-state index is 0.152. The quantitative estimate of drug-likeness (QED) is 0.197. The molecule has 3 atom stereocenters. The van der Waals surface area contributed by atoms with Crippen LogP contribution in [0.1, 0.15) is 20.3 Å². The number of nitrogens with one attached hydrogen (secondary N) is 3. The van der Waals surface area contributed by atoms with E-state index in [0.717, 1.165) is 0 Å². The van der Waals surface area contributed by atoms with Crippen molar-refractivity contribution in [2.45, 2.75) is 38.4 Å². The molecule has 0 radical (unpaired) electrons. The molecule has 0 aliphatic heterocycles. The number of hydrogen-bond acceptors (Lipinski definition) is 7. The normalized spacial score (nSPS) is 14.3. The fraction of sp³-hybridized carbons (Fsp3) is 0.714. The summed E-state index contributed by atoms with van der Waals surface area (Å²) in [4.78, 5) is 46.0. The highest BCUT2D eigenvalue weighted by Gasteiger charge is 2.27. The van der Waals surface area contributed by atoms with Crippen LogP contribution in [-0.4, -0.2) is 76.9 Å². The van der Waals surface area contributed by atoms with Crippen molar-refractivity contribution in [1.82, 2.24) is 16.0 Å². The van der Waals surface area contributed by atoms with Gasteiger partial charge in [-0.1, -0.05) is 13.8 Å². The van der Waals surface area contributed by atoms with E-state index in [2.05, 4.69) is 10.6 Å². The molecule has 0 spiro atoms. The molecule has 11 heteroatoms. The highest BCUT2D eigenvalue weighted by atomic mass is 16.4. The third-order valence-corrected chi connectivity index (χ3v) is 3.11. The highest BCUT2D eigenvalue weighted by molar-refractivity contribution is 5.93. The monoisotopic (exact) mass is 362 g/mol. The van der Waals surface area contributed by atoms with Crippen LogP contribution in [0.2, 0.25) is 0 Å².